The second-order valence-electron chi connectivity index (χ2n) is 5.46. The van der Waals surface area contributed by atoms with Crippen molar-refractivity contribution in [2.75, 3.05) is 24.7 Å². The molecule has 8 nitrogen and oxygen atoms in total. The van der Waals surface area contributed by atoms with E-state index in [1.165, 1.54) is 0 Å². The van der Waals surface area contributed by atoms with Crippen LogP contribution in [-0.4, -0.2) is 60.6 Å². The van der Waals surface area contributed by atoms with E-state index < -0.39 is 10.0 Å². The van der Waals surface area contributed by atoms with Crippen LogP contribution in [0.3, 0.4) is 0 Å². The molecule has 0 bridgehead atoms. The van der Waals surface area contributed by atoms with E-state index in [2.05, 4.69) is 20.0 Å². The lowest BCUT2D eigenvalue weighted by Gasteiger charge is -2.35. The number of aromatic nitrogens is 2. The van der Waals surface area contributed by atoms with Crippen molar-refractivity contribution in [1.82, 2.24) is 19.6 Å². The van der Waals surface area contributed by atoms with Crippen LogP contribution < -0.4 is 10.0 Å². The van der Waals surface area contributed by atoms with Crippen molar-refractivity contribution in [1.29, 1.82) is 0 Å². The Kier molecular flexibility index (Phi) is 5.43. The van der Waals surface area contributed by atoms with E-state index in [9.17, 15) is 13.2 Å². The highest BCUT2D eigenvalue weighted by Crippen LogP contribution is 2.14. The van der Waals surface area contributed by atoms with Gasteiger partial charge >= 0.3 is 0 Å². The van der Waals surface area contributed by atoms with E-state index >= 15 is 0 Å². The zero-order chi connectivity index (χ0) is 16.2. The number of sulfonamides is 1. The van der Waals surface area contributed by atoms with Crippen molar-refractivity contribution in [3.05, 3.63) is 18.5 Å². The smallest absolute Gasteiger partial charge is 0.243 e. The monoisotopic (exact) mass is 327 g/mol. The molecule has 2 N–H and O–H groups in total. The van der Waals surface area contributed by atoms with Crippen LogP contribution in [0.4, 0.5) is 5.95 Å². The molecule has 2 rings (SSSR count). The number of anilines is 1. The van der Waals surface area contributed by atoms with Crippen molar-refractivity contribution in [2.45, 2.75) is 31.8 Å². The van der Waals surface area contributed by atoms with Gasteiger partial charge in [-0.15, -0.1) is 0 Å². The number of carbonyl (C=O) groups excluding carboxylic acids is 1. The van der Waals surface area contributed by atoms with Crippen LogP contribution >= 0.6 is 0 Å². The molecule has 9 heteroatoms. The van der Waals surface area contributed by atoms with Gasteiger partial charge < -0.3 is 0 Å². The molecule has 1 aliphatic heterocycles. The van der Waals surface area contributed by atoms with Crippen molar-refractivity contribution in [3.63, 3.8) is 0 Å². The third-order valence-corrected chi connectivity index (χ3v) is 4.32. The third-order valence-electron chi connectivity index (χ3n) is 3.56. The summed E-state index contributed by atoms with van der Waals surface area (Å²) < 4.78 is 25.3. The molecule has 1 amide bonds. The van der Waals surface area contributed by atoms with Crippen molar-refractivity contribution in [3.8, 4) is 0 Å². The van der Waals surface area contributed by atoms with E-state index in [0.29, 0.717) is 6.54 Å². The molecular formula is C13H21N5O3S. The molecule has 0 saturated carbocycles. The number of amides is 1. The molecule has 1 saturated heterocycles. The number of nitrogens with zero attached hydrogens (tertiary/aromatic N) is 3. The van der Waals surface area contributed by atoms with Gasteiger partial charge in [-0.05, 0) is 32.4 Å². The summed E-state index contributed by atoms with van der Waals surface area (Å²) in [5.74, 6) is 0.0633. The lowest BCUT2D eigenvalue weighted by atomic mass is 10.0. The van der Waals surface area contributed by atoms with Gasteiger partial charge in [-0.25, -0.2) is 23.1 Å². The van der Waals surface area contributed by atoms with Crippen molar-refractivity contribution < 1.29 is 13.2 Å². The molecule has 1 aromatic rings. The Labute approximate surface area is 130 Å². The Balaban J connectivity index is 1.93. The number of hydrogen-bond donors (Lipinski definition) is 2. The van der Waals surface area contributed by atoms with E-state index in [1.54, 1.807) is 25.4 Å². The summed E-state index contributed by atoms with van der Waals surface area (Å²) in [7, 11) is -3.24. The first-order valence-corrected chi connectivity index (χ1v) is 9.03. The maximum Gasteiger partial charge on any atom is 0.243 e. The SMILES string of the molecule is CC(C(=O)Nc1ncccn1)N1CCCC(NS(C)(=O)=O)C1. The topological polar surface area (TPSA) is 104 Å². The molecular weight excluding hydrogens is 306 g/mol. The Morgan fingerprint density at radius 3 is 2.73 bits per heavy atom. The standard InChI is InChI=1S/C13H21N5O3S/c1-10(12(19)16-13-14-6-4-7-15-13)18-8-3-5-11(9-18)17-22(2,20)21/h4,6-7,10-11,17H,3,5,8-9H2,1-2H3,(H,14,15,16,19). The molecule has 22 heavy (non-hydrogen) atoms. The average Bonchev–Trinajstić information content (AvgIpc) is 2.46. The molecule has 2 unspecified atom stereocenters. The first-order valence-electron chi connectivity index (χ1n) is 7.14. The summed E-state index contributed by atoms with van der Waals surface area (Å²) in [5, 5.41) is 2.66. The normalized spacial score (nSPS) is 21.3. The van der Waals surface area contributed by atoms with E-state index in [1.807, 2.05) is 4.90 Å². The highest BCUT2D eigenvalue weighted by atomic mass is 32.2. The zero-order valence-corrected chi connectivity index (χ0v) is 13.5. The maximum atomic E-state index is 12.2. The quantitative estimate of drug-likeness (QED) is 0.777. The number of rotatable bonds is 5. The number of nitrogens with one attached hydrogen (secondary N) is 2. The van der Waals surface area contributed by atoms with Crippen LogP contribution in [0, 0.1) is 0 Å². The van der Waals surface area contributed by atoms with Crippen molar-refractivity contribution >= 4 is 21.9 Å². The van der Waals surface area contributed by atoms with Crippen LogP contribution in [0.25, 0.3) is 0 Å². The maximum absolute atomic E-state index is 12.2. The minimum atomic E-state index is -3.24. The predicted molar refractivity (Wildman–Crippen MR) is 82.7 cm³/mol. The highest BCUT2D eigenvalue weighted by Gasteiger charge is 2.28. The van der Waals surface area contributed by atoms with Gasteiger partial charge in [0, 0.05) is 25.0 Å². The lowest BCUT2D eigenvalue weighted by molar-refractivity contribution is -0.121. The van der Waals surface area contributed by atoms with Crippen LogP contribution in [0.15, 0.2) is 18.5 Å². The van der Waals surface area contributed by atoms with Gasteiger partial charge in [0.1, 0.15) is 0 Å². The molecule has 2 heterocycles. The summed E-state index contributed by atoms with van der Waals surface area (Å²) in [5.41, 5.74) is 0. The first kappa shape index (κ1) is 16.8. The molecule has 0 radical (unpaired) electrons. The number of hydrogen-bond acceptors (Lipinski definition) is 6. The summed E-state index contributed by atoms with van der Waals surface area (Å²) >= 11 is 0. The van der Waals surface area contributed by atoms with Crippen LogP contribution in [0.1, 0.15) is 19.8 Å². The number of piperidine rings is 1. The van der Waals surface area contributed by atoms with E-state index in [4.69, 9.17) is 0 Å². The second kappa shape index (κ2) is 7.12. The van der Waals surface area contributed by atoms with Gasteiger partial charge in [0.2, 0.25) is 21.9 Å². The van der Waals surface area contributed by atoms with Crippen LogP contribution in [0.5, 0.6) is 0 Å². The molecule has 2 atom stereocenters. The second-order valence-corrected chi connectivity index (χ2v) is 7.24. The Morgan fingerprint density at radius 2 is 2.09 bits per heavy atom. The Bertz CT molecular complexity index is 607. The van der Waals surface area contributed by atoms with Gasteiger partial charge in [-0.2, -0.15) is 0 Å². The molecule has 1 aliphatic rings. The van der Waals surface area contributed by atoms with Gasteiger partial charge in [0.15, 0.2) is 0 Å². The number of likely N-dealkylation sites (tertiary alicyclic amines) is 1. The molecule has 0 aliphatic carbocycles. The molecule has 0 spiro atoms. The number of carbonyl (C=O) groups is 1. The lowest BCUT2D eigenvalue weighted by Crippen LogP contribution is -2.53. The van der Waals surface area contributed by atoms with Crippen molar-refractivity contribution in [2.24, 2.45) is 0 Å². The Hall–Kier alpha value is -1.58. The Morgan fingerprint density at radius 1 is 1.41 bits per heavy atom. The van der Waals surface area contributed by atoms with E-state index in [0.717, 1.165) is 25.6 Å². The van der Waals surface area contributed by atoms with Gasteiger partial charge in [-0.3, -0.25) is 15.0 Å². The molecule has 1 aromatic heterocycles. The minimum absolute atomic E-state index is 0.160. The fourth-order valence-corrected chi connectivity index (χ4v) is 3.30. The van der Waals surface area contributed by atoms with Gasteiger partial charge in [0.25, 0.3) is 0 Å². The van der Waals surface area contributed by atoms with Crippen LogP contribution in [0.2, 0.25) is 0 Å². The molecule has 1 fully saturated rings. The third kappa shape index (κ3) is 5.00. The van der Waals surface area contributed by atoms with Gasteiger partial charge in [0.05, 0.1) is 12.3 Å². The summed E-state index contributed by atoms with van der Waals surface area (Å²) in [6.45, 7) is 3.06. The summed E-state index contributed by atoms with van der Waals surface area (Å²) in [6.07, 6.45) is 5.88. The first-order chi connectivity index (χ1) is 10.3. The average molecular weight is 327 g/mol. The molecule has 122 valence electrons. The minimum Gasteiger partial charge on any atom is -0.293 e. The molecule has 0 aromatic carbocycles. The van der Waals surface area contributed by atoms with Gasteiger partial charge in [-0.1, -0.05) is 0 Å². The summed E-state index contributed by atoms with van der Waals surface area (Å²) in [4.78, 5) is 22.1. The fourth-order valence-electron chi connectivity index (χ4n) is 2.50. The zero-order valence-electron chi connectivity index (χ0n) is 12.7. The van der Waals surface area contributed by atoms with Crippen LogP contribution in [-0.2, 0) is 14.8 Å². The van der Waals surface area contributed by atoms with E-state index in [-0.39, 0.29) is 23.9 Å². The largest absolute Gasteiger partial charge is 0.293 e. The summed E-state index contributed by atoms with van der Waals surface area (Å²) in [6, 6.07) is 1.13. The fraction of sp³-hybridized carbons (Fsp3) is 0.615. The predicted octanol–water partition coefficient (Wildman–Crippen LogP) is -0.183. The highest BCUT2D eigenvalue weighted by molar-refractivity contribution is 7.88.